The van der Waals surface area contributed by atoms with Gasteiger partial charge in [0.15, 0.2) is 0 Å². The summed E-state index contributed by atoms with van der Waals surface area (Å²) in [5, 5.41) is 17.4. The third kappa shape index (κ3) is 14.8. The third-order valence-corrected chi connectivity index (χ3v) is 2.42. The second kappa shape index (κ2) is 15.8. The molecule has 0 aromatic heterocycles. The van der Waals surface area contributed by atoms with Crippen LogP contribution < -0.4 is 11.1 Å². The molecule has 0 fully saturated rings. The van der Waals surface area contributed by atoms with Gasteiger partial charge in [-0.05, 0) is 32.4 Å². The van der Waals surface area contributed by atoms with Gasteiger partial charge >= 0.3 is 5.97 Å². The minimum Gasteiger partial charge on any atom is -0.480 e. The van der Waals surface area contributed by atoms with Crippen LogP contribution in [0.25, 0.3) is 0 Å². The molecule has 0 aliphatic heterocycles. The average Bonchev–Trinajstić information content (AvgIpc) is 2.33. The van der Waals surface area contributed by atoms with Crippen LogP contribution in [0.3, 0.4) is 0 Å². The molecule has 0 radical (unpaired) electrons. The second-order valence-corrected chi connectivity index (χ2v) is 3.94. The molecule has 0 aromatic rings. The molecule has 18 heavy (non-hydrogen) atoms. The van der Waals surface area contributed by atoms with Crippen molar-refractivity contribution in [1.82, 2.24) is 5.32 Å². The highest BCUT2D eigenvalue weighted by atomic mass is 16.4. The van der Waals surface area contributed by atoms with Crippen LogP contribution in [0.5, 0.6) is 0 Å². The fourth-order valence-corrected chi connectivity index (χ4v) is 1.46. The first-order valence-electron chi connectivity index (χ1n) is 6.34. The molecule has 0 saturated heterocycles. The zero-order valence-electron chi connectivity index (χ0n) is 11.1. The molecule has 0 saturated carbocycles. The van der Waals surface area contributed by atoms with Gasteiger partial charge in [-0.1, -0.05) is 26.2 Å². The van der Waals surface area contributed by atoms with E-state index in [0.29, 0.717) is 13.0 Å². The van der Waals surface area contributed by atoms with Crippen LogP contribution in [-0.2, 0) is 9.59 Å². The molecule has 0 aliphatic rings. The number of aliphatic carboxylic acids is 1. The predicted molar refractivity (Wildman–Crippen MR) is 70.3 cm³/mol. The van der Waals surface area contributed by atoms with Crippen LogP contribution >= 0.6 is 0 Å². The van der Waals surface area contributed by atoms with Crippen molar-refractivity contribution in [3.05, 3.63) is 0 Å². The number of hydrogen-bond donors (Lipinski definition) is 4. The number of carboxylic acid groups (broad SMARTS) is 1. The monoisotopic (exact) mass is 259 g/mol. The Kier molecular flexibility index (Phi) is 16.7. The summed E-state index contributed by atoms with van der Waals surface area (Å²) in [6.07, 6.45) is 6.58. The molecule has 0 spiro atoms. The summed E-state index contributed by atoms with van der Waals surface area (Å²) in [5.41, 5.74) is 5.36. The van der Waals surface area contributed by atoms with Crippen molar-refractivity contribution in [2.75, 3.05) is 13.1 Å². The van der Waals surface area contributed by atoms with Gasteiger partial charge in [0.2, 0.25) is 6.08 Å². The Morgan fingerprint density at radius 1 is 1.39 bits per heavy atom. The predicted octanol–water partition coefficient (Wildman–Crippen LogP) is 1.25. The number of hydrogen-bond acceptors (Lipinski definition) is 5. The van der Waals surface area contributed by atoms with Gasteiger partial charge in [-0.2, -0.15) is 0 Å². The lowest BCUT2D eigenvalue weighted by molar-refractivity contribution is -0.139. The summed E-state index contributed by atoms with van der Waals surface area (Å²) >= 11 is 0. The standard InChI is InChI=1S/C11H24N2O2.CHNO/c1-2-3-6-9-13-10(11(14)15)7-4-5-8-12;2-1-3/h10,13H,2-9,12H2,1H3,(H,14,15);2H. The Labute approximate surface area is 108 Å². The van der Waals surface area contributed by atoms with Gasteiger partial charge in [0.1, 0.15) is 6.04 Å². The van der Waals surface area contributed by atoms with Crippen LogP contribution in [0.1, 0.15) is 45.4 Å². The van der Waals surface area contributed by atoms with E-state index in [0.717, 1.165) is 44.7 Å². The van der Waals surface area contributed by atoms with E-state index in [9.17, 15) is 4.79 Å². The van der Waals surface area contributed by atoms with E-state index in [-0.39, 0.29) is 0 Å². The highest BCUT2D eigenvalue weighted by Gasteiger charge is 2.14. The molecule has 0 amide bonds. The Balaban J connectivity index is 0. The van der Waals surface area contributed by atoms with Crippen molar-refractivity contribution >= 4 is 12.0 Å². The highest BCUT2D eigenvalue weighted by molar-refractivity contribution is 5.73. The van der Waals surface area contributed by atoms with Gasteiger partial charge in [-0.25, -0.2) is 10.2 Å². The first kappa shape index (κ1) is 19.1. The molecule has 5 N–H and O–H groups in total. The van der Waals surface area contributed by atoms with E-state index in [4.69, 9.17) is 21.0 Å². The number of carbonyl (C=O) groups is 1. The average molecular weight is 259 g/mol. The lowest BCUT2D eigenvalue weighted by atomic mass is 10.1. The van der Waals surface area contributed by atoms with Crippen LogP contribution in [0.15, 0.2) is 0 Å². The molecule has 1 atom stereocenters. The lowest BCUT2D eigenvalue weighted by Gasteiger charge is -2.13. The zero-order valence-corrected chi connectivity index (χ0v) is 11.1. The van der Waals surface area contributed by atoms with E-state index in [1.54, 1.807) is 0 Å². The maximum absolute atomic E-state index is 10.9. The molecule has 0 aromatic carbocycles. The van der Waals surface area contributed by atoms with E-state index < -0.39 is 12.0 Å². The lowest BCUT2D eigenvalue weighted by Crippen LogP contribution is -2.37. The van der Waals surface area contributed by atoms with Gasteiger partial charge in [0.05, 0.1) is 0 Å². The summed E-state index contributed by atoms with van der Waals surface area (Å²) < 4.78 is 0. The summed E-state index contributed by atoms with van der Waals surface area (Å²) in [4.78, 5) is 19.2. The Hall–Kier alpha value is -1.23. The molecular weight excluding hydrogens is 234 g/mol. The largest absolute Gasteiger partial charge is 0.480 e. The van der Waals surface area contributed by atoms with Crippen LogP contribution in [-0.4, -0.2) is 36.3 Å². The van der Waals surface area contributed by atoms with E-state index in [2.05, 4.69) is 12.2 Å². The van der Waals surface area contributed by atoms with Gasteiger partial charge in [0.25, 0.3) is 0 Å². The van der Waals surface area contributed by atoms with Crippen molar-refractivity contribution in [3.63, 3.8) is 0 Å². The topological polar surface area (TPSA) is 116 Å². The smallest absolute Gasteiger partial charge is 0.320 e. The molecule has 0 bridgehead atoms. The molecule has 0 aliphatic carbocycles. The SMILES string of the molecule is CCCCCNC(CCCCN)C(=O)O.N=C=O. The van der Waals surface area contributed by atoms with E-state index >= 15 is 0 Å². The van der Waals surface area contributed by atoms with Gasteiger partial charge in [-0.15, -0.1) is 0 Å². The Morgan fingerprint density at radius 2 is 2.00 bits per heavy atom. The van der Waals surface area contributed by atoms with Crippen LogP contribution in [0, 0.1) is 5.41 Å². The second-order valence-electron chi connectivity index (χ2n) is 3.94. The van der Waals surface area contributed by atoms with Crippen molar-refractivity contribution in [3.8, 4) is 0 Å². The van der Waals surface area contributed by atoms with Crippen LogP contribution in [0.4, 0.5) is 0 Å². The summed E-state index contributed by atoms with van der Waals surface area (Å²) in [7, 11) is 0. The number of isocyanates is 1. The number of carbonyl (C=O) groups excluding carboxylic acids is 1. The Bertz CT molecular complexity index is 229. The summed E-state index contributed by atoms with van der Waals surface area (Å²) in [5.74, 6) is -0.747. The first-order chi connectivity index (χ1) is 8.63. The summed E-state index contributed by atoms with van der Waals surface area (Å²) in [6.45, 7) is 3.57. The molecule has 1 unspecified atom stereocenters. The van der Waals surface area contributed by atoms with Crippen molar-refractivity contribution in [1.29, 1.82) is 5.41 Å². The number of nitrogens with two attached hydrogens (primary N) is 1. The van der Waals surface area contributed by atoms with Gasteiger partial charge in [-0.3, -0.25) is 4.79 Å². The highest BCUT2D eigenvalue weighted by Crippen LogP contribution is 2.01. The molecule has 106 valence electrons. The molecule has 6 heteroatoms. The maximum atomic E-state index is 10.9. The first-order valence-corrected chi connectivity index (χ1v) is 6.34. The molecular formula is C12H25N3O3. The maximum Gasteiger partial charge on any atom is 0.320 e. The zero-order chi connectivity index (χ0) is 14.2. The summed E-state index contributed by atoms with van der Waals surface area (Å²) in [6, 6.07) is -0.395. The van der Waals surface area contributed by atoms with Crippen molar-refractivity contribution in [2.45, 2.75) is 51.5 Å². The number of nitrogens with one attached hydrogen (secondary N) is 2. The third-order valence-electron chi connectivity index (χ3n) is 2.42. The molecule has 0 heterocycles. The molecule has 6 nitrogen and oxygen atoms in total. The Morgan fingerprint density at radius 3 is 2.44 bits per heavy atom. The quantitative estimate of drug-likeness (QED) is 0.268. The fourth-order valence-electron chi connectivity index (χ4n) is 1.46. The fraction of sp³-hybridized carbons (Fsp3) is 0.833. The minimum atomic E-state index is -0.747. The van der Waals surface area contributed by atoms with Crippen molar-refractivity contribution in [2.24, 2.45) is 5.73 Å². The van der Waals surface area contributed by atoms with E-state index in [1.165, 1.54) is 0 Å². The number of rotatable bonds is 10. The normalized spacial score (nSPS) is 11.0. The molecule has 0 rings (SSSR count). The number of unbranched alkanes of at least 4 members (excludes halogenated alkanes) is 3. The van der Waals surface area contributed by atoms with Gasteiger partial charge < -0.3 is 16.2 Å². The van der Waals surface area contributed by atoms with Gasteiger partial charge in [0, 0.05) is 0 Å². The van der Waals surface area contributed by atoms with Crippen molar-refractivity contribution < 1.29 is 14.7 Å². The van der Waals surface area contributed by atoms with E-state index in [1.807, 2.05) is 0 Å². The minimum absolute atomic E-state index is 0.395. The number of carboxylic acids is 1. The van der Waals surface area contributed by atoms with Crippen LogP contribution in [0.2, 0.25) is 0 Å².